The van der Waals surface area contributed by atoms with Crippen molar-refractivity contribution in [3.05, 3.63) is 70.7 Å². The van der Waals surface area contributed by atoms with E-state index in [0.717, 1.165) is 22.4 Å². The molecule has 188 valence electrons. The van der Waals surface area contributed by atoms with Gasteiger partial charge in [-0.2, -0.15) is 0 Å². The molecule has 1 heterocycles. The van der Waals surface area contributed by atoms with Gasteiger partial charge in [0.05, 0.1) is 11.6 Å². The van der Waals surface area contributed by atoms with E-state index < -0.39 is 0 Å². The Bertz CT molecular complexity index is 1310. The zero-order valence-corrected chi connectivity index (χ0v) is 21.1. The van der Waals surface area contributed by atoms with Gasteiger partial charge in [-0.05, 0) is 61.5 Å². The second-order valence-electron chi connectivity index (χ2n) is 7.10. The number of esters is 1. The van der Waals surface area contributed by atoms with Crippen molar-refractivity contribution in [1.29, 1.82) is 0 Å². The van der Waals surface area contributed by atoms with Crippen LogP contribution in [-0.2, 0) is 14.3 Å². The minimum atomic E-state index is -0.388. The van der Waals surface area contributed by atoms with Crippen molar-refractivity contribution in [1.82, 2.24) is 4.98 Å². The molecule has 0 spiro atoms. The highest BCUT2D eigenvalue weighted by molar-refractivity contribution is 6.42. The van der Waals surface area contributed by atoms with Crippen LogP contribution in [0.25, 0.3) is 22.6 Å². The third-order valence-electron chi connectivity index (χ3n) is 4.66. The number of oxazole rings is 1. The number of aldehydes is 1. The van der Waals surface area contributed by atoms with Crippen molar-refractivity contribution in [2.24, 2.45) is 0 Å². The summed E-state index contributed by atoms with van der Waals surface area (Å²) >= 11 is 11.4. The summed E-state index contributed by atoms with van der Waals surface area (Å²) in [6.45, 7) is 1.98. The Hall–Kier alpha value is -3.75. The van der Waals surface area contributed by atoms with Crippen molar-refractivity contribution in [2.75, 3.05) is 32.2 Å². The Morgan fingerprint density at radius 3 is 2.56 bits per heavy atom. The van der Waals surface area contributed by atoms with E-state index in [2.05, 4.69) is 10.3 Å². The molecule has 0 saturated carbocycles. The van der Waals surface area contributed by atoms with E-state index in [4.69, 9.17) is 41.8 Å². The van der Waals surface area contributed by atoms with E-state index in [1.54, 1.807) is 37.3 Å². The third-order valence-corrected chi connectivity index (χ3v) is 5.46. The van der Waals surface area contributed by atoms with E-state index in [1.165, 1.54) is 0 Å². The fourth-order valence-corrected chi connectivity index (χ4v) is 3.31. The Morgan fingerprint density at radius 1 is 1.08 bits per heavy atom. The van der Waals surface area contributed by atoms with Crippen LogP contribution in [0.4, 0.5) is 5.69 Å². The van der Waals surface area contributed by atoms with Crippen LogP contribution >= 0.6 is 23.2 Å². The number of nitrogens with one attached hydrogen (secondary N) is 1. The zero-order chi connectivity index (χ0) is 25.9. The van der Waals surface area contributed by atoms with Crippen molar-refractivity contribution in [3.63, 3.8) is 0 Å². The van der Waals surface area contributed by atoms with Crippen LogP contribution in [0.5, 0.6) is 11.5 Å². The zero-order valence-electron chi connectivity index (χ0n) is 19.6. The molecule has 36 heavy (non-hydrogen) atoms. The van der Waals surface area contributed by atoms with Crippen LogP contribution in [0, 0.1) is 0 Å². The van der Waals surface area contributed by atoms with E-state index in [0.29, 0.717) is 40.3 Å². The van der Waals surface area contributed by atoms with Crippen molar-refractivity contribution in [2.45, 2.75) is 6.92 Å². The molecular formula is C26H24Cl2N2O6. The highest BCUT2D eigenvalue weighted by atomic mass is 35.5. The van der Waals surface area contributed by atoms with Crippen molar-refractivity contribution < 1.29 is 28.2 Å². The molecule has 0 radical (unpaired) electrons. The van der Waals surface area contributed by atoms with E-state index in [-0.39, 0.29) is 19.2 Å². The monoisotopic (exact) mass is 530 g/mol. The fourth-order valence-electron chi connectivity index (χ4n) is 2.96. The smallest absolute Gasteiger partial charge is 0.344 e. The summed E-state index contributed by atoms with van der Waals surface area (Å²) in [6, 6.07) is 18.0. The van der Waals surface area contributed by atoms with Crippen LogP contribution < -0.4 is 14.8 Å². The van der Waals surface area contributed by atoms with Crippen LogP contribution in [-0.4, -0.2) is 44.1 Å². The number of nitrogens with zero attached hydrogens (tertiary/aromatic N) is 1. The topological polar surface area (TPSA) is 99.9 Å². The van der Waals surface area contributed by atoms with Crippen molar-refractivity contribution in [3.8, 4) is 23.0 Å². The summed E-state index contributed by atoms with van der Waals surface area (Å²) in [5.41, 5.74) is 3.33. The molecule has 3 aromatic carbocycles. The van der Waals surface area contributed by atoms with Gasteiger partial charge in [-0.1, -0.05) is 29.3 Å². The highest BCUT2D eigenvalue weighted by Crippen LogP contribution is 2.31. The summed E-state index contributed by atoms with van der Waals surface area (Å²) in [6.07, 6.45) is 0.650. The molecule has 0 atom stereocenters. The largest absolute Gasteiger partial charge is 0.485 e. The molecule has 0 aliphatic rings. The maximum absolute atomic E-state index is 11.3. The Balaban J connectivity index is 0.000000253. The number of halogens is 2. The van der Waals surface area contributed by atoms with E-state index in [9.17, 15) is 9.59 Å². The molecule has 0 aliphatic heterocycles. The first-order chi connectivity index (χ1) is 17.4. The number of rotatable bonds is 9. The first-order valence-corrected chi connectivity index (χ1v) is 11.7. The molecule has 0 saturated heterocycles. The molecule has 1 aromatic heterocycles. The Morgan fingerprint density at radius 2 is 1.86 bits per heavy atom. The predicted molar refractivity (Wildman–Crippen MR) is 139 cm³/mol. The number of hydrogen-bond donors (Lipinski definition) is 1. The van der Waals surface area contributed by atoms with Crippen LogP contribution in [0.2, 0.25) is 10.0 Å². The quantitative estimate of drug-likeness (QED) is 0.206. The number of anilines is 1. The summed E-state index contributed by atoms with van der Waals surface area (Å²) < 4.78 is 20.9. The first kappa shape index (κ1) is 26.8. The van der Waals surface area contributed by atoms with Crippen LogP contribution in [0.3, 0.4) is 0 Å². The van der Waals surface area contributed by atoms with Gasteiger partial charge in [-0.25, -0.2) is 9.78 Å². The van der Waals surface area contributed by atoms with Crippen molar-refractivity contribution >= 4 is 52.2 Å². The highest BCUT2D eigenvalue weighted by Gasteiger charge is 2.10. The van der Waals surface area contributed by atoms with E-state index >= 15 is 0 Å². The lowest BCUT2D eigenvalue weighted by Crippen LogP contribution is -2.14. The number of benzene rings is 3. The number of carbonyl (C=O) groups is 2. The fraction of sp³-hybridized carbons (Fsp3) is 0.192. The SMILES string of the molecule is CCOC(=O)COc1ccc(-c2nc3cc(NC)ccc3o2)cc1.O=CCOc1cccc(Cl)c1Cl. The molecule has 0 amide bonds. The summed E-state index contributed by atoms with van der Waals surface area (Å²) in [4.78, 5) is 25.8. The van der Waals surface area contributed by atoms with Gasteiger partial charge in [0.15, 0.2) is 18.5 Å². The molecule has 8 nitrogen and oxygen atoms in total. The molecule has 0 unspecified atom stereocenters. The van der Waals surface area contributed by atoms with Gasteiger partial charge < -0.3 is 23.9 Å². The number of aromatic nitrogens is 1. The summed E-state index contributed by atoms with van der Waals surface area (Å²) in [7, 11) is 1.86. The predicted octanol–water partition coefficient (Wildman–Crippen LogP) is 6.05. The molecular weight excluding hydrogens is 507 g/mol. The van der Waals surface area contributed by atoms with Gasteiger partial charge in [0.2, 0.25) is 5.89 Å². The molecule has 0 fully saturated rings. The lowest BCUT2D eigenvalue weighted by molar-refractivity contribution is -0.145. The molecule has 4 aromatic rings. The van der Waals surface area contributed by atoms with Gasteiger partial charge in [0.1, 0.15) is 28.6 Å². The van der Waals surface area contributed by atoms with Gasteiger partial charge >= 0.3 is 5.97 Å². The molecule has 0 aliphatic carbocycles. The number of carbonyl (C=O) groups excluding carboxylic acids is 2. The third kappa shape index (κ3) is 7.37. The molecule has 0 bridgehead atoms. The van der Waals surface area contributed by atoms with Gasteiger partial charge in [0, 0.05) is 18.3 Å². The van der Waals surface area contributed by atoms with Crippen LogP contribution in [0.1, 0.15) is 6.92 Å². The van der Waals surface area contributed by atoms with Crippen LogP contribution in [0.15, 0.2) is 65.1 Å². The maximum Gasteiger partial charge on any atom is 0.344 e. The Kier molecular flexibility index (Phi) is 9.97. The van der Waals surface area contributed by atoms with Gasteiger partial charge in [-0.3, -0.25) is 4.79 Å². The maximum atomic E-state index is 11.3. The van der Waals surface area contributed by atoms with E-state index in [1.807, 2.05) is 37.4 Å². The lowest BCUT2D eigenvalue weighted by atomic mass is 10.2. The standard InChI is InChI=1S/C18H18N2O4.C8H6Cl2O2/c1-3-22-17(21)11-23-14-7-4-12(5-8-14)18-20-15-10-13(19-2)6-9-16(15)24-18;9-6-2-1-3-7(8(6)10)12-5-4-11/h4-10,19H,3,11H2,1-2H3;1-4H,5H2. The molecule has 1 N–H and O–H groups in total. The average Bonchev–Trinajstić information content (AvgIpc) is 3.32. The Labute approximate surface area is 218 Å². The molecule has 10 heteroatoms. The van der Waals surface area contributed by atoms with Gasteiger partial charge in [-0.15, -0.1) is 0 Å². The second-order valence-corrected chi connectivity index (χ2v) is 7.88. The molecule has 4 rings (SSSR count). The number of hydrogen-bond acceptors (Lipinski definition) is 8. The lowest BCUT2D eigenvalue weighted by Gasteiger charge is -2.05. The second kappa shape index (κ2) is 13.4. The summed E-state index contributed by atoms with van der Waals surface area (Å²) in [5.74, 6) is 1.16. The number of fused-ring (bicyclic) bond motifs is 1. The summed E-state index contributed by atoms with van der Waals surface area (Å²) in [5, 5.41) is 3.82. The average molecular weight is 531 g/mol. The number of ether oxygens (including phenoxy) is 3. The van der Waals surface area contributed by atoms with Gasteiger partial charge in [0.25, 0.3) is 0 Å². The minimum absolute atomic E-state index is 0.0138. The first-order valence-electron chi connectivity index (χ1n) is 10.9. The normalized spacial score (nSPS) is 10.2. The minimum Gasteiger partial charge on any atom is -0.485 e.